The fourth-order valence-electron chi connectivity index (χ4n) is 4.08. The predicted octanol–water partition coefficient (Wildman–Crippen LogP) is 2.08. The van der Waals surface area contributed by atoms with Crippen molar-refractivity contribution in [3.8, 4) is 0 Å². The molecule has 3 saturated heterocycles. The fraction of sp³-hybridized carbons (Fsp3) is 0.944. The first kappa shape index (κ1) is 17.0. The molecule has 5 heteroatoms. The number of rotatable bonds is 4. The highest BCUT2D eigenvalue weighted by Gasteiger charge is 2.30. The summed E-state index contributed by atoms with van der Waals surface area (Å²) >= 11 is 0. The molecule has 0 aromatic heterocycles. The second-order valence-corrected chi connectivity index (χ2v) is 7.17. The van der Waals surface area contributed by atoms with Crippen molar-refractivity contribution in [1.82, 2.24) is 15.1 Å². The van der Waals surface area contributed by atoms with Gasteiger partial charge in [0.15, 0.2) is 5.96 Å². The minimum Gasteiger partial charge on any atom is -0.376 e. The summed E-state index contributed by atoms with van der Waals surface area (Å²) in [6, 6.07) is 0.727. The first-order valence-corrected chi connectivity index (χ1v) is 9.75. The third kappa shape index (κ3) is 4.83. The molecular formula is C18H34N4O. The zero-order valence-corrected chi connectivity index (χ0v) is 14.8. The number of guanidine groups is 1. The summed E-state index contributed by atoms with van der Waals surface area (Å²) in [6.07, 6.45) is 9.45. The Morgan fingerprint density at radius 2 is 1.96 bits per heavy atom. The minimum absolute atomic E-state index is 0.331. The van der Waals surface area contributed by atoms with E-state index in [-0.39, 0.29) is 0 Å². The van der Waals surface area contributed by atoms with Crippen LogP contribution in [0.15, 0.2) is 4.99 Å². The minimum atomic E-state index is 0.331. The molecule has 23 heavy (non-hydrogen) atoms. The van der Waals surface area contributed by atoms with Crippen LogP contribution in [0.4, 0.5) is 0 Å². The van der Waals surface area contributed by atoms with Gasteiger partial charge in [-0.3, -0.25) is 9.89 Å². The molecule has 1 N–H and O–H groups in total. The molecule has 0 aromatic rings. The summed E-state index contributed by atoms with van der Waals surface area (Å²) < 4.78 is 5.82. The summed E-state index contributed by atoms with van der Waals surface area (Å²) in [5, 5.41) is 3.49. The first-order valence-electron chi connectivity index (χ1n) is 9.75. The van der Waals surface area contributed by atoms with Crippen molar-refractivity contribution < 1.29 is 4.74 Å². The number of hydrogen-bond acceptors (Lipinski definition) is 3. The van der Waals surface area contributed by atoms with E-state index in [1.807, 2.05) is 0 Å². The molecule has 5 nitrogen and oxygen atoms in total. The molecule has 0 bridgehead atoms. The predicted molar refractivity (Wildman–Crippen MR) is 95.0 cm³/mol. The van der Waals surface area contributed by atoms with E-state index in [0.29, 0.717) is 6.10 Å². The van der Waals surface area contributed by atoms with Crippen molar-refractivity contribution >= 4 is 5.96 Å². The van der Waals surface area contributed by atoms with Crippen LogP contribution in [0.3, 0.4) is 0 Å². The van der Waals surface area contributed by atoms with Gasteiger partial charge in [0.2, 0.25) is 0 Å². The lowest BCUT2D eigenvalue weighted by Crippen LogP contribution is -2.44. The van der Waals surface area contributed by atoms with Crippen molar-refractivity contribution in [3.63, 3.8) is 0 Å². The molecule has 3 rings (SSSR count). The van der Waals surface area contributed by atoms with Crippen LogP contribution in [0.25, 0.3) is 0 Å². The molecular weight excluding hydrogens is 288 g/mol. The van der Waals surface area contributed by atoms with E-state index in [4.69, 9.17) is 9.73 Å². The first-order chi connectivity index (χ1) is 11.4. The molecule has 0 radical (unpaired) electrons. The highest BCUT2D eigenvalue weighted by Crippen LogP contribution is 2.20. The average molecular weight is 322 g/mol. The van der Waals surface area contributed by atoms with Crippen LogP contribution in [-0.2, 0) is 4.74 Å². The molecule has 0 amide bonds. The van der Waals surface area contributed by atoms with E-state index < -0.39 is 0 Å². The van der Waals surface area contributed by atoms with E-state index >= 15 is 0 Å². The zero-order valence-electron chi connectivity index (χ0n) is 14.8. The van der Waals surface area contributed by atoms with Crippen molar-refractivity contribution in [2.24, 2.45) is 4.99 Å². The highest BCUT2D eigenvalue weighted by molar-refractivity contribution is 5.80. The van der Waals surface area contributed by atoms with Crippen molar-refractivity contribution in [2.45, 2.75) is 64.0 Å². The number of aliphatic imine (C=N–C) groups is 1. The van der Waals surface area contributed by atoms with E-state index in [2.05, 4.69) is 22.0 Å². The molecule has 132 valence electrons. The van der Waals surface area contributed by atoms with Crippen LogP contribution in [0, 0.1) is 0 Å². The van der Waals surface area contributed by atoms with Crippen LogP contribution < -0.4 is 5.32 Å². The summed E-state index contributed by atoms with van der Waals surface area (Å²) in [7, 11) is 0. The quantitative estimate of drug-likeness (QED) is 0.635. The molecule has 2 unspecified atom stereocenters. The number of ether oxygens (including phenoxy) is 1. The Bertz CT molecular complexity index is 375. The molecule has 0 aromatic carbocycles. The van der Waals surface area contributed by atoms with Gasteiger partial charge in [-0.1, -0.05) is 6.42 Å². The average Bonchev–Trinajstić information content (AvgIpc) is 3.10. The zero-order chi connectivity index (χ0) is 15.9. The van der Waals surface area contributed by atoms with Gasteiger partial charge in [0.1, 0.15) is 0 Å². The van der Waals surface area contributed by atoms with Gasteiger partial charge in [0.05, 0.1) is 12.6 Å². The van der Waals surface area contributed by atoms with Gasteiger partial charge in [-0.05, 0) is 58.5 Å². The number of hydrogen-bond donors (Lipinski definition) is 1. The largest absolute Gasteiger partial charge is 0.376 e. The molecule has 3 aliphatic heterocycles. The Morgan fingerprint density at radius 3 is 2.70 bits per heavy atom. The second kappa shape index (κ2) is 8.88. The Morgan fingerprint density at radius 1 is 1.09 bits per heavy atom. The lowest BCUT2D eigenvalue weighted by atomic mass is 10.1. The van der Waals surface area contributed by atoms with E-state index in [1.165, 1.54) is 58.0 Å². The lowest BCUT2D eigenvalue weighted by Gasteiger charge is -2.32. The summed E-state index contributed by atoms with van der Waals surface area (Å²) in [4.78, 5) is 10.1. The van der Waals surface area contributed by atoms with Crippen LogP contribution in [0.1, 0.15) is 51.9 Å². The third-order valence-corrected chi connectivity index (χ3v) is 5.42. The number of piperidine rings is 1. The topological polar surface area (TPSA) is 40.1 Å². The standard InChI is InChI=1S/C18H34N4O/c1-2-19-18(20-14-17-8-4-7-13-23-17)22-12-9-16(15-22)21-10-5-3-6-11-21/h16-17H,2-15H2,1H3,(H,19,20). The maximum atomic E-state index is 5.82. The van der Waals surface area contributed by atoms with Gasteiger partial charge in [-0.25, -0.2) is 0 Å². The van der Waals surface area contributed by atoms with Crippen LogP contribution in [0.2, 0.25) is 0 Å². The molecule has 0 saturated carbocycles. The van der Waals surface area contributed by atoms with Gasteiger partial charge in [-0.2, -0.15) is 0 Å². The maximum absolute atomic E-state index is 5.82. The third-order valence-electron chi connectivity index (χ3n) is 5.42. The van der Waals surface area contributed by atoms with Gasteiger partial charge in [0.25, 0.3) is 0 Å². The molecule has 3 heterocycles. The van der Waals surface area contributed by atoms with Crippen LogP contribution >= 0.6 is 0 Å². The van der Waals surface area contributed by atoms with E-state index in [9.17, 15) is 0 Å². The molecule has 3 aliphatic rings. The van der Waals surface area contributed by atoms with E-state index in [1.54, 1.807) is 0 Å². The normalized spacial score (nSPS) is 30.7. The summed E-state index contributed by atoms with van der Waals surface area (Å²) in [5.74, 6) is 1.10. The number of nitrogens with one attached hydrogen (secondary N) is 1. The van der Waals surface area contributed by atoms with Gasteiger partial charge in [-0.15, -0.1) is 0 Å². The molecule has 0 aliphatic carbocycles. The Labute approximate surface area is 141 Å². The molecule has 3 fully saturated rings. The van der Waals surface area contributed by atoms with Gasteiger partial charge in [0, 0.05) is 32.3 Å². The highest BCUT2D eigenvalue weighted by atomic mass is 16.5. The van der Waals surface area contributed by atoms with Crippen molar-refractivity contribution in [1.29, 1.82) is 0 Å². The number of nitrogens with zero attached hydrogens (tertiary/aromatic N) is 3. The Balaban J connectivity index is 1.53. The second-order valence-electron chi connectivity index (χ2n) is 7.17. The summed E-state index contributed by atoms with van der Waals surface area (Å²) in [5.41, 5.74) is 0. The van der Waals surface area contributed by atoms with Gasteiger partial charge < -0.3 is 15.0 Å². The Hall–Kier alpha value is -0.810. The van der Waals surface area contributed by atoms with Crippen LogP contribution in [-0.4, -0.2) is 73.8 Å². The molecule has 2 atom stereocenters. The van der Waals surface area contributed by atoms with E-state index in [0.717, 1.165) is 44.8 Å². The van der Waals surface area contributed by atoms with Crippen molar-refractivity contribution in [3.05, 3.63) is 0 Å². The van der Waals surface area contributed by atoms with Gasteiger partial charge >= 0.3 is 0 Å². The number of likely N-dealkylation sites (tertiary alicyclic amines) is 2. The lowest BCUT2D eigenvalue weighted by molar-refractivity contribution is 0.0223. The Kier molecular flexibility index (Phi) is 6.57. The summed E-state index contributed by atoms with van der Waals surface area (Å²) in [6.45, 7) is 9.69. The van der Waals surface area contributed by atoms with Crippen LogP contribution in [0.5, 0.6) is 0 Å². The fourth-order valence-corrected chi connectivity index (χ4v) is 4.08. The smallest absolute Gasteiger partial charge is 0.194 e. The maximum Gasteiger partial charge on any atom is 0.194 e. The SMILES string of the molecule is CCNC(=NCC1CCCCO1)N1CCC(N2CCCCC2)C1. The molecule has 0 spiro atoms. The monoisotopic (exact) mass is 322 g/mol. The van der Waals surface area contributed by atoms with Crippen molar-refractivity contribution in [2.75, 3.05) is 45.9 Å².